The fourth-order valence-corrected chi connectivity index (χ4v) is 3.61. The molecule has 0 spiro atoms. The lowest BCUT2D eigenvalue weighted by atomic mass is 9.94. The number of hydrogen-bond acceptors (Lipinski definition) is 2. The zero-order valence-corrected chi connectivity index (χ0v) is 11.9. The van der Waals surface area contributed by atoms with Gasteiger partial charge in [-0.25, -0.2) is 4.39 Å². The first-order valence-corrected chi connectivity index (χ1v) is 7.35. The van der Waals surface area contributed by atoms with Gasteiger partial charge >= 0.3 is 0 Å². The van der Waals surface area contributed by atoms with Crippen molar-refractivity contribution in [1.29, 1.82) is 0 Å². The largest absolute Gasteiger partial charge is 0.310 e. The zero-order valence-electron chi connectivity index (χ0n) is 11.9. The second-order valence-electron chi connectivity index (χ2n) is 6.17. The molecule has 2 heterocycles. The molecule has 0 aliphatic carbocycles. The molecular formula is C16H23FN2. The summed E-state index contributed by atoms with van der Waals surface area (Å²) in [5.74, 6) is 0.754. The van der Waals surface area contributed by atoms with Crippen LogP contribution in [0.5, 0.6) is 0 Å². The molecule has 2 saturated heterocycles. The third-order valence-corrected chi connectivity index (χ3v) is 4.70. The van der Waals surface area contributed by atoms with Crippen molar-refractivity contribution in [2.24, 2.45) is 5.92 Å². The standard InChI is InChI=1S/C16H23FN2/c1-11-7-13(8-12(2)16(11)17)9-18-15-4-6-19-5-3-14(15)10-19/h7-8,14-15,18H,3-6,9-10H2,1-2H3. The molecule has 3 heteroatoms. The summed E-state index contributed by atoms with van der Waals surface area (Å²) in [6.45, 7) is 8.33. The normalized spacial score (nSPS) is 29.7. The van der Waals surface area contributed by atoms with Crippen LogP contribution in [0.1, 0.15) is 29.5 Å². The Morgan fingerprint density at radius 2 is 1.89 bits per heavy atom. The van der Waals surface area contributed by atoms with Gasteiger partial charge in [-0.3, -0.25) is 0 Å². The monoisotopic (exact) mass is 262 g/mol. The average molecular weight is 262 g/mol. The number of nitrogens with zero attached hydrogens (tertiary/aromatic N) is 1. The minimum absolute atomic E-state index is 0.0622. The second-order valence-corrected chi connectivity index (χ2v) is 6.17. The van der Waals surface area contributed by atoms with Gasteiger partial charge in [0, 0.05) is 19.1 Å². The summed E-state index contributed by atoms with van der Waals surface area (Å²) in [5, 5.41) is 3.69. The maximum absolute atomic E-state index is 13.6. The van der Waals surface area contributed by atoms with Crippen LogP contribution in [0.25, 0.3) is 0 Å². The number of fused-ring (bicyclic) bond motifs is 2. The molecule has 0 saturated carbocycles. The Kier molecular flexibility index (Phi) is 3.59. The maximum Gasteiger partial charge on any atom is 0.129 e. The summed E-state index contributed by atoms with van der Waals surface area (Å²) in [6, 6.07) is 4.59. The number of aryl methyl sites for hydroxylation is 2. The van der Waals surface area contributed by atoms with Crippen LogP contribution in [0.15, 0.2) is 12.1 Å². The Hall–Kier alpha value is -0.930. The van der Waals surface area contributed by atoms with E-state index in [2.05, 4.69) is 10.2 Å². The van der Waals surface area contributed by atoms with Gasteiger partial charge in [-0.2, -0.15) is 0 Å². The fourth-order valence-electron chi connectivity index (χ4n) is 3.61. The zero-order chi connectivity index (χ0) is 13.4. The summed E-state index contributed by atoms with van der Waals surface area (Å²) >= 11 is 0. The highest BCUT2D eigenvalue weighted by Gasteiger charge is 2.33. The van der Waals surface area contributed by atoms with E-state index >= 15 is 0 Å². The molecule has 2 nitrogen and oxygen atoms in total. The molecule has 2 bridgehead atoms. The van der Waals surface area contributed by atoms with Crippen LogP contribution in [0.4, 0.5) is 4.39 Å². The van der Waals surface area contributed by atoms with Crippen molar-refractivity contribution < 1.29 is 4.39 Å². The van der Waals surface area contributed by atoms with Gasteiger partial charge in [0.2, 0.25) is 0 Å². The number of nitrogens with one attached hydrogen (secondary N) is 1. The summed E-state index contributed by atoms with van der Waals surface area (Å²) in [4.78, 5) is 2.56. The molecule has 3 atom stereocenters. The smallest absolute Gasteiger partial charge is 0.129 e. The molecule has 1 aromatic rings. The molecule has 2 aliphatic rings. The third kappa shape index (κ3) is 2.67. The highest BCUT2D eigenvalue weighted by atomic mass is 19.1. The summed E-state index contributed by atoms with van der Waals surface area (Å²) < 4.78 is 13.6. The first-order chi connectivity index (χ1) is 9.13. The molecule has 0 amide bonds. The first kappa shape index (κ1) is 13.1. The average Bonchev–Trinajstić information content (AvgIpc) is 2.77. The lowest BCUT2D eigenvalue weighted by molar-refractivity contribution is 0.220. The van der Waals surface area contributed by atoms with E-state index in [0.717, 1.165) is 23.6 Å². The minimum atomic E-state index is -0.0622. The molecule has 19 heavy (non-hydrogen) atoms. The molecule has 104 valence electrons. The van der Waals surface area contributed by atoms with Crippen molar-refractivity contribution in [3.8, 4) is 0 Å². The highest BCUT2D eigenvalue weighted by molar-refractivity contribution is 5.30. The van der Waals surface area contributed by atoms with Gasteiger partial charge in [0.15, 0.2) is 0 Å². The van der Waals surface area contributed by atoms with E-state index in [4.69, 9.17) is 0 Å². The van der Waals surface area contributed by atoms with Gasteiger partial charge in [-0.15, -0.1) is 0 Å². The Morgan fingerprint density at radius 3 is 2.63 bits per heavy atom. The molecule has 2 aliphatic heterocycles. The SMILES string of the molecule is Cc1cc(CNC2CCN3CCC2C3)cc(C)c1F. The van der Waals surface area contributed by atoms with Crippen LogP contribution in [0, 0.1) is 25.6 Å². The Morgan fingerprint density at radius 1 is 1.21 bits per heavy atom. The van der Waals surface area contributed by atoms with Crippen LogP contribution in [0.2, 0.25) is 0 Å². The fraction of sp³-hybridized carbons (Fsp3) is 0.625. The molecule has 3 unspecified atom stereocenters. The maximum atomic E-state index is 13.6. The Labute approximate surface area is 115 Å². The molecule has 0 aromatic heterocycles. The lowest BCUT2D eigenvalue weighted by Gasteiger charge is -2.31. The van der Waals surface area contributed by atoms with Crippen molar-refractivity contribution in [3.05, 3.63) is 34.6 Å². The van der Waals surface area contributed by atoms with E-state index < -0.39 is 0 Å². The van der Waals surface area contributed by atoms with Gasteiger partial charge in [0.05, 0.1) is 0 Å². The number of piperidine rings is 1. The van der Waals surface area contributed by atoms with E-state index in [9.17, 15) is 4.39 Å². The predicted molar refractivity (Wildman–Crippen MR) is 75.7 cm³/mol. The quantitative estimate of drug-likeness (QED) is 0.901. The second kappa shape index (κ2) is 5.22. The van der Waals surface area contributed by atoms with E-state index in [1.165, 1.54) is 38.0 Å². The molecule has 3 rings (SSSR count). The van der Waals surface area contributed by atoms with Crippen LogP contribution in [-0.4, -0.2) is 30.6 Å². The van der Waals surface area contributed by atoms with Gasteiger partial charge < -0.3 is 10.2 Å². The number of benzene rings is 1. The predicted octanol–water partition coefficient (Wildman–Crippen LogP) is 2.63. The van der Waals surface area contributed by atoms with E-state index in [1.54, 1.807) is 0 Å². The van der Waals surface area contributed by atoms with Crippen molar-refractivity contribution in [2.45, 2.75) is 39.3 Å². The van der Waals surface area contributed by atoms with Crippen LogP contribution in [0.3, 0.4) is 0 Å². The van der Waals surface area contributed by atoms with Crippen molar-refractivity contribution >= 4 is 0 Å². The molecular weight excluding hydrogens is 239 g/mol. The van der Waals surface area contributed by atoms with E-state index in [-0.39, 0.29) is 5.82 Å². The van der Waals surface area contributed by atoms with Gasteiger partial charge in [0.25, 0.3) is 0 Å². The summed E-state index contributed by atoms with van der Waals surface area (Å²) in [7, 11) is 0. The van der Waals surface area contributed by atoms with Crippen LogP contribution in [-0.2, 0) is 6.54 Å². The van der Waals surface area contributed by atoms with Crippen molar-refractivity contribution in [2.75, 3.05) is 19.6 Å². The van der Waals surface area contributed by atoms with Gasteiger partial charge in [0.1, 0.15) is 5.82 Å². The minimum Gasteiger partial charge on any atom is -0.310 e. The molecule has 0 radical (unpaired) electrons. The number of halogens is 1. The number of rotatable bonds is 3. The molecule has 1 N–H and O–H groups in total. The topological polar surface area (TPSA) is 15.3 Å². The third-order valence-electron chi connectivity index (χ3n) is 4.70. The van der Waals surface area contributed by atoms with Crippen LogP contribution >= 0.6 is 0 Å². The Balaban J connectivity index is 1.63. The van der Waals surface area contributed by atoms with Crippen LogP contribution < -0.4 is 5.32 Å². The summed E-state index contributed by atoms with van der Waals surface area (Å²) in [6.07, 6.45) is 2.59. The Bertz CT molecular complexity index is 449. The highest BCUT2D eigenvalue weighted by Crippen LogP contribution is 2.27. The lowest BCUT2D eigenvalue weighted by Crippen LogP contribution is -2.43. The van der Waals surface area contributed by atoms with Crippen molar-refractivity contribution in [1.82, 2.24) is 10.2 Å². The molecule has 2 fully saturated rings. The number of hydrogen-bond donors (Lipinski definition) is 1. The molecule has 1 aromatic carbocycles. The van der Waals surface area contributed by atoms with E-state index in [0.29, 0.717) is 6.04 Å². The van der Waals surface area contributed by atoms with Crippen molar-refractivity contribution in [3.63, 3.8) is 0 Å². The summed E-state index contributed by atoms with van der Waals surface area (Å²) in [5.41, 5.74) is 2.72. The van der Waals surface area contributed by atoms with Gasteiger partial charge in [-0.1, -0.05) is 12.1 Å². The van der Waals surface area contributed by atoms with Gasteiger partial charge in [-0.05, 0) is 62.4 Å². The van der Waals surface area contributed by atoms with E-state index in [1.807, 2.05) is 26.0 Å². The first-order valence-electron chi connectivity index (χ1n) is 7.35.